The minimum atomic E-state index is -0.274. The molecule has 0 aliphatic rings. The SMILES string of the molecule is CCCCOc1ccc(C(=O)NC(=S)Nc2nc3ccc(C)cc3s2)cc1. The molecule has 0 aliphatic carbocycles. The molecule has 0 aliphatic heterocycles. The molecule has 0 saturated carbocycles. The van der Waals surface area contributed by atoms with Gasteiger partial charge in [0.2, 0.25) is 0 Å². The van der Waals surface area contributed by atoms with Crippen molar-refractivity contribution in [3.8, 4) is 5.75 Å². The average Bonchev–Trinajstić information content (AvgIpc) is 3.03. The summed E-state index contributed by atoms with van der Waals surface area (Å²) in [4.78, 5) is 16.8. The van der Waals surface area contributed by atoms with Gasteiger partial charge < -0.3 is 10.1 Å². The van der Waals surface area contributed by atoms with Crippen molar-refractivity contribution in [2.75, 3.05) is 11.9 Å². The van der Waals surface area contributed by atoms with Crippen LogP contribution in [0.2, 0.25) is 0 Å². The van der Waals surface area contributed by atoms with Crippen LogP contribution in [0, 0.1) is 6.92 Å². The number of hydrogen-bond donors (Lipinski definition) is 2. The minimum absolute atomic E-state index is 0.221. The summed E-state index contributed by atoms with van der Waals surface area (Å²) in [6.07, 6.45) is 2.09. The summed E-state index contributed by atoms with van der Waals surface area (Å²) in [5, 5.41) is 6.53. The summed E-state index contributed by atoms with van der Waals surface area (Å²) in [6.45, 7) is 4.83. The molecule has 0 atom stereocenters. The Balaban J connectivity index is 1.57. The van der Waals surface area contributed by atoms with Crippen molar-refractivity contribution >= 4 is 49.9 Å². The lowest BCUT2D eigenvalue weighted by atomic mass is 10.2. The maximum absolute atomic E-state index is 12.3. The number of unbranched alkanes of at least 4 members (excludes halogenated alkanes) is 1. The molecule has 7 heteroatoms. The maximum atomic E-state index is 12.3. The lowest BCUT2D eigenvalue weighted by molar-refractivity contribution is 0.0977. The summed E-state index contributed by atoms with van der Waals surface area (Å²) in [7, 11) is 0. The van der Waals surface area contributed by atoms with Crippen molar-refractivity contribution in [1.82, 2.24) is 10.3 Å². The van der Waals surface area contributed by atoms with Gasteiger partial charge in [-0.2, -0.15) is 0 Å². The molecule has 2 aromatic carbocycles. The first-order valence-electron chi connectivity index (χ1n) is 8.77. The van der Waals surface area contributed by atoms with Crippen LogP contribution in [0.4, 0.5) is 5.13 Å². The quantitative estimate of drug-likeness (QED) is 0.455. The van der Waals surface area contributed by atoms with E-state index in [0.29, 0.717) is 17.3 Å². The number of nitrogens with one attached hydrogen (secondary N) is 2. The van der Waals surface area contributed by atoms with E-state index >= 15 is 0 Å². The van der Waals surface area contributed by atoms with Crippen LogP contribution >= 0.6 is 23.6 Å². The van der Waals surface area contributed by atoms with Crippen LogP contribution in [-0.4, -0.2) is 22.6 Å². The first-order chi connectivity index (χ1) is 13.0. The summed E-state index contributed by atoms with van der Waals surface area (Å²) in [6, 6.07) is 13.1. The van der Waals surface area contributed by atoms with Crippen LogP contribution < -0.4 is 15.4 Å². The van der Waals surface area contributed by atoms with E-state index in [9.17, 15) is 4.79 Å². The Morgan fingerprint density at radius 2 is 2.00 bits per heavy atom. The van der Waals surface area contributed by atoms with E-state index in [1.165, 1.54) is 16.9 Å². The maximum Gasteiger partial charge on any atom is 0.257 e. The van der Waals surface area contributed by atoms with Gasteiger partial charge in [-0.25, -0.2) is 4.98 Å². The Labute approximate surface area is 167 Å². The summed E-state index contributed by atoms with van der Waals surface area (Å²) < 4.78 is 6.68. The molecule has 3 aromatic rings. The Kier molecular flexibility index (Phi) is 6.36. The van der Waals surface area contributed by atoms with Crippen molar-refractivity contribution in [3.63, 3.8) is 0 Å². The molecule has 27 heavy (non-hydrogen) atoms. The number of carbonyl (C=O) groups excluding carboxylic acids is 1. The van der Waals surface area contributed by atoms with Crippen molar-refractivity contribution in [1.29, 1.82) is 0 Å². The molecule has 3 rings (SSSR count). The van der Waals surface area contributed by atoms with Gasteiger partial charge in [0.25, 0.3) is 5.91 Å². The molecule has 0 fully saturated rings. The molecule has 0 bridgehead atoms. The van der Waals surface area contributed by atoms with E-state index in [1.54, 1.807) is 24.3 Å². The number of carbonyl (C=O) groups is 1. The number of rotatable bonds is 6. The number of aromatic nitrogens is 1. The third kappa shape index (κ3) is 5.24. The van der Waals surface area contributed by atoms with Gasteiger partial charge in [-0.3, -0.25) is 10.1 Å². The molecule has 2 N–H and O–H groups in total. The smallest absolute Gasteiger partial charge is 0.257 e. The number of thiocarbonyl (C=S) groups is 1. The zero-order valence-corrected chi connectivity index (χ0v) is 16.9. The highest BCUT2D eigenvalue weighted by Gasteiger charge is 2.10. The Hall–Kier alpha value is -2.51. The number of thiazole rings is 1. The topological polar surface area (TPSA) is 63.2 Å². The molecular formula is C20H21N3O2S2. The van der Waals surface area contributed by atoms with Crippen LogP contribution in [-0.2, 0) is 0 Å². The summed E-state index contributed by atoms with van der Waals surface area (Å²) in [5.41, 5.74) is 2.60. The fourth-order valence-electron chi connectivity index (χ4n) is 2.43. The van der Waals surface area contributed by atoms with Crippen LogP contribution in [0.5, 0.6) is 5.75 Å². The van der Waals surface area contributed by atoms with Crippen LogP contribution in [0.15, 0.2) is 42.5 Å². The van der Waals surface area contributed by atoms with E-state index in [-0.39, 0.29) is 11.0 Å². The normalized spacial score (nSPS) is 10.6. The predicted molar refractivity (Wildman–Crippen MR) is 115 cm³/mol. The molecule has 140 valence electrons. The fourth-order valence-corrected chi connectivity index (χ4v) is 3.65. The molecule has 1 heterocycles. The van der Waals surface area contributed by atoms with Crippen LogP contribution in [0.25, 0.3) is 10.2 Å². The highest BCUT2D eigenvalue weighted by molar-refractivity contribution is 7.80. The van der Waals surface area contributed by atoms with Gasteiger partial charge in [-0.05, 0) is 67.5 Å². The van der Waals surface area contributed by atoms with Gasteiger partial charge in [0.1, 0.15) is 5.75 Å². The highest BCUT2D eigenvalue weighted by atomic mass is 32.1. The molecule has 5 nitrogen and oxygen atoms in total. The highest BCUT2D eigenvalue weighted by Crippen LogP contribution is 2.26. The lowest BCUT2D eigenvalue weighted by Crippen LogP contribution is -2.34. The van der Waals surface area contributed by atoms with E-state index in [1.807, 2.05) is 19.1 Å². The largest absolute Gasteiger partial charge is 0.494 e. The van der Waals surface area contributed by atoms with E-state index in [0.717, 1.165) is 28.8 Å². The Morgan fingerprint density at radius 1 is 1.22 bits per heavy atom. The second-order valence-electron chi connectivity index (χ2n) is 6.12. The fraction of sp³-hybridized carbons (Fsp3) is 0.250. The van der Waals surface area contributed by atoms with Crippen molar-refractivity contribution < 1.29 is 9.53 Å². The van der Waals surface area contributed by atoms with E-state index < -0.39 is 0 Å². The lowest BCUT2D eigenvalue weighted by Gasteiger charge is -2.08. The molecule has 0 saturated heterocycles. The molecule has 1 aromatic heterocycles. The molecule has 1 amide bonds. The number of ether oxygens (including phenoxy) is 1. The number of benzene rings is 2. The number of nitrogens with zero attached hydrogens (tertiary/aromatic N) is 1. The second-order valence-corrected chi connectivity index (χ2v) is 7.56. The number of aryl methyl sites for hydroxylation is 1. The van der Waals surface area contributed by atoms with Gasteiger partial charge in [-0.15, -0.1) is 0 Å². The third-order valence-electron chi connectivity index (χ3n) is 3.87. The minimum Gasteiger partial charge on any atom is -0.494 e. The van der Waals surface area contributed by atoms with Gasteiger partial charge in [0.05, 0.1) is 16.8 Å². The van der Waals surface area contributed by atoms with Crippen molar-refractivity contribution in [2.24, 2.45) is 0 Å². The monoisotopic (exact) mass is 399 g/mol. The van der Waals surface area contributed by atoms with Gasteiger partial charge in [-0.1, -0.05) is 30.7 Å². The van der Waals surface area contributed by atoms with Crippen LogP contribution in [0.3, 0.4) is 0 Å². The molecule has 0 radical (unpaired) electrons. The summed E-state index contributed by atoms with van der Waals surface area (Å²) >= 11 is 6.73. The molecule has 0 spiro atoms. The van der Waals surface area contributed by atoms with Gasteiger partial charge >= 0.3 is 0 Å². The number of amides is 1. The van der Waals surface area contributed by atoms with Gasteiger partial charge in [0.15, 0.2) is 10.2 Å². The number of fused-ring (bicyclic) bond motifs is 1. The number of anilines is 1. The summed E-state index contributed by atoms with van der Waals surface area (Å²) in [5.74, 6) is 0.482. The second kappa shape index (κ2) is 8.92. The van der Waals surface area contributed by atoms with Crippen LogP contribution in [0.1, 0.15) is 35.7 Å². The van der Waals surface area contributed by atoms with E-state index in [2.05, 4.69) is 28.6 Å². The van der Waals surface area contributed by atoms with Crippen molar-refractivity contribution in [3.05, 3.63) is 53.6 Å². The third-order valence-corrected chi connectivity index (χ3v) is 5.01. The average molecular weight is 400 g/mol. The zero-order valence-electron chi connectivity index (χ0n) is 15.2. The predicted octanol–water partition coefficient (Wildman–Crippen LogP) is 4.91. The molecule has 0 unspecified atom stereocenters. The first-order valence-corrected chi connectivity index (χ1v) is 10.00. The zero-order chi connectivity index (χ0) is 19.2. The van der Waals surface area contributed by atoms with Crippen molar-refractivity contribution in [2.45, 2.75) is 26.7 Å². The Morgan fingerprint density at radius 3 is 2.74 bits per heavy atom. The standard InChI is InChI=1S/C20H21N3O2S2/c1-3-4-11-25-15-8-6-14(7-9-15)18(24)22-19(26)23-20-21-16-10-5-13(2)12-17(16)27-20/h5-10,12H,3-4,11H2,1-2H3,(H2,21,22,23,24,26). The van der Waals surface area contributed by atoms with E-state index in [4.69, 9.17) is 17.0 Å². The first kappa shape index (κ1) is 19.3. The Bertz CT molecular complexity index is 952. The van der Waals surface area contributed by atoms with Gasteiger partial charge in [0, 0.05) is 5.56 Å². The number of hydrogen-bond acceptors (Lipinski definition) is 5. The molecular weight excluding hydrogens is 378 g/mol.